The molecule has 5 nitrogen and oxygen atoms in total. The van der Waals surface area contributed by atoms with Crippen LogP contribution in [-0.4, -0.2) is 30.2 Å². The number of nitrogens with zero attached hydrogens (tertiary/aromatic N) is 3. The normalized spacial score (nSPS) is 10.6. The zero-order valence-electron chi connectivity index (χ0n) is 8.35. The molecule has 0 bridgehead atoms. The summed E-state index contributed by atoms with van der Waals surface area (Å²) in [7, 11) is 3.53. The number of halogens is 1. The molecule has 0 aromatic heterocycles. The van der Waals surface area contributed by atoms with Crippen LogP contribution in [0.2, 0.25) is 5.02 Å². The van der Waals surface area contributed by atoms with Crippen molar-refractivity contribution in [3.05, 3.63) is 38.9 Å². The highest BCUT2D eigenvalue weighted by Crippen LogP contribution is 2.24. The Morgan fingerprint density at radius 2 is 2.20 bits per heavy atom. The van der Waals surface area contributed by atoms with Gasteiger partial charge in [-0.1, -0.05) is 17.7 Å². The third kappa shape index (κ3) is 3.21. The molecule has 0 radical (unpaired) electrons. The van der Waals surface area contributed by atoms with Gasteiger partial charge in [-0.15, -0.1) is 0 Å². The van der Waals surface area contributed by atoms with Crippen molar-refractivity contribution in [1.29, 1.82) is 0 Å². The fourth-order valence-electron chi connectivity index (χ4n) is 0.932. The van der Waals surface area contributed by atoms with E-state index in [1.165, 1.54) is 18.3 Å². The fourth-order valence-corrected chi connectivity index (χ4v) is 1.12. The molecule has 0 N–H and O–H groups in total. The first-order valence-corrected chi connectivity index (χ1v) is 4.54. The lowest BCUT2D eigenvalue weighted by atomic mass is 10.2. The molecule has 0 aliphatic heterocycles. The largest absolute Gasteiger partial charge is 0.303 e. The number of nitro benzene ring substituents is 1. The van der Waals surface area contributed by atoms with Gasteiger partial charge in [0.1, 0.15) is 5.02 Å². The monoisotopic (exact) mass is 227 g/mol. The Hall–Kier alpha value is -1.62. The molecule has 80 valence electrons. The van der Waals surface area contributed by atoms with E-state index in [1.54, 1.807) is 25.2 Å². The highest BCUT2D eigenvalue weighted by Gasteiger charge is 2.11. The zero-order chi connectivity index (χ0) is 11.4. The SMILES string of the molecule is CN(C)/N=C\c1ccc(Cl)c([N+](=O)[O-])c1. The van der Waals surface area contributed by atoms with Gasteiger partial charge in [-0.05, 0) is 6.07 Å². The summed E-state index contributed by atoms with van der Waals surface area (Å²) in [5.74, 6) is 0. The van der Waals surface area contributed by atoms with Crippen molar-refractivity contribution in [2.45, 2.75) is 0 Å². The van der Waals surface area contributed by atoms with Crippen LogP contribution < -0.4 is 0 Å². The molecule has 1 rings (SSSR count). The van der Waals surface area contributed by atoms with Crippen molar-refractivity contribution in [3.8, 4) is 0 Å². The van der Waals surface area contributed by atoms with Crippen LogP contribution in [0.25, 0.3) is 0 Å². The van der Waals surface area contributed by atoms with Gasteiger partial charge in [0.15, 0.2) is 0 Å². The smallest absolute Gasteiger partial charge is 0.288 e. The maximum atomic E-state index is 10.6. The number of rotatable bonds is 3. The lowest BCUT2D eigenvalue weighted by molar-refractivity contribution is -0.384. The van der Waals surface area contributed by atoms with Gasteiger partial charge >= 0.3 is 0 Å². The summed E-state index contributed by atoms with van der Waals surface area (Å²) in [6, 6.07) is 4.54. The number of hydrazone groups is 1. The zero-order valence-corrected chi connectivity index (χ0v) is 9.10. The summed E-state index contributed by atoms with van der Waals surface area (Å²) >= 11 is 5.66. The van der Waals surface area contributed by atoms with Crippen molar-refractivity contribution < 1.29 is 4.92 Å². The van der Waals surface area contributed by atoms with E-state index in [1.807, 2.05) is 0 Å². The molecule has 0 saturated heterocycles. The molecule has 6 heteroatoms. The second-order valence-electron chi connectivity index (χ2n) is 3.06. The Balaban J connectivity index is 3.03. The van der Waals surface area contributed by atoms with E-state index in [0.717, 1.165) is 0 Å². The third-order valence-corrected chi connectivity index (χ3v) is 1.92. The molecule has 0 saturated carbocycles. The first kappa shape index (κ1) is 11.5. The Morgan fingerprint density at radius 3 is 2.73 bits per heavy atom. The second kappa shape index (κ2) is 4.75. The molecule has 0 aliphatic carbocycles. The maximum absolute atomic E-state index is 10.6. The van der Waals surface area contributed by atoms with Gasteiger partial charge in [0.2, 0.25) is 0 Å². The molecule has 0 unspecified atom stereocenters. The van der Waals surface area contributed by atoms with Crippen molar-refractivity contribution in [1.82, 2.24) is 5.01 Å². The average molecular weight is 228 g/mol. The van der Waals surface area contributed by atoms with Gasteiger partial charge in [-0.2, -0.15) is 5.10 Å². The Kier molecular flexibility index (Phi) is 3.62. The number of benzene rings is 1. The lowest BCUT2D eigenvalue weighted by Gasteiger charge is -2.02. The average Bonchev–Trinajstić information content (AvgIpc) is 2.16. The van der Waals surface area contributed by atoms with Crippen molar-refractivity contribution in [2.24, 2.45) is 5.10 Å². The minimum Gasteiger partial charge on any atom is -0.303 e. The summed E-state index contributed by atoms with van der Waals surface area (Å²) in [6.07, 6.45) is 1.53. The number of nitro groups is 1. The number of hydrogen-bond acceptors (Lipinski definition) is 4. The van der Waals surface area contributed by atoms with E-state index in [-0.39, 0.29) is 10.7 Å². The van der Waals surface area contributed by atoms with E-state index in [0.29, 0.717) is 5.56 Å². The predicted octanol–water partition coefficient (Wildman–Crippen LogP) is 2.14. The van der Waals surface area contributed by atoms with Gasteiger partial charge < -0.3 is 5.01 Å². The van der Waals surface area contributed by atoms with Crippen LogP contribution in [0.4, 0.5) is 5.69 Å². The second-order valence-corrected chi connectivity index (χ2v) is 3.47. The Bertz CT molecular complexity index is 404. The third-order valence-electron chi connectivity index (χ3n) is 1.60. The molecular formula is C9H10ClN3O2. The molecule has 1 aromatic rings. The van der Waals surface area contributed by atoms with Crippen molar-refractivity contribution in [3.63, 3.8) is 0 Å². The molecule has 0 aliphatic rings. The van der Waals surface area contributed by atoms with Crippen molar-refractivity contribution in [2.75, 3.05) is 14.1 Å². The maximum Gasteiger partial charge on any atom is 0.288 e. The first-order valence-electron chi connectivity index (χ1n) is 4.16. The lowest BCUT2D eigenvalue weighted by Crippen LogP contribution is -2.02. The Morgan fingerprint density at radius 1 is 1.53 bits per heavy atom. The summed E-state index contributed by atoms with van der Waals surface area (Å²) in [6.45, 7) is 0. The highest BCUT2D eigenvalue weighted by molar-refractivity contribution is 6.32. The summed E-state index contributed by atoms with van der Waals surface area (Å²) < 4.78 is 0. The van der Waals surface area contributed by atoms with Crippen LogP contribution in [0.5, 0.6) is 0 Å². The molecule has 0 amide bonds. The number of hydrogen-bond donors (Lipinski definition) is 0. The fraction of sp³-hybridized carbons (Fsp3) is 0.222. The molecular weight excluding hydrogens is 218 g/mol. The summed E-state index contributed by atoms with van der Waals surface area (Å²) in [4.78, 5) is 10.1. The van der Waals surface area contributed by atoms with Gasteiger partial charge in [-0.3, -0.25) is 10.1 Å². The Labute approximate surface area is 92.1 Å². The highest BCUT2D eigenvalue weighted by atomic mass is 35.5. The van der Waals surface area contributed by atoms with Gasteiger partial charge in [0.05, 0.1) is 11.1 Å². The van der Waals surface area contributed by atoms with Crippen LogP contribution in [-0.2, 0) is 0 Å². The van der Waals surface area contributed by atoms with E-state index in [9.17, 15) is 10.1 Å². The first-order chi connectivity index (χ1) is 7.00. The topological polar surface area (TPSA) is 58.7 Å². The standard InChI is InChI=1S/C9H10ClN3O2/c1-12(2)11-6-7-3-4-8(10)9(5-7)13(14)15/h3-6H,1-2H3/b11-6-. The van der Waals surface area contributed by atoms with Gasteiger partial charge in [0, 0.05) is 25.7 Å². The van der Waals surface area contributed by atoms with Crippen LogP contribution >= 0.6 is 11.6 Å². The predicted molar refractivity (Wildman–Crippen MR) is 59.4 cm³/mol. The molecule has 0 fully saturated rings. The molecule has 15 heavy (non-hydrogen) atoms. The van der Waals surface area contributed by atoms with Gasteiger partial charge in [-0.25, -0.2) is 0 Å². The van der Waals surface area contributed by atoms with Crippen LogP contribution in [0.3, 0.4) is 0 Å². The quantitative estimate of drug-likeness (QED) is 0.452. The summed E-state index contributed by atoms with van der Waals surface area (Å²) in [5.41, 5.74) is 0.527. The van der Waals surface area contributed by atoms with E-state index >= 15 is 0 Å². The van der Waals surface area contributed by atoms with Gasteiger partial charge in [0.25, 0.3) is 5.69 Å². The minimum absolute atomic E-state index is 0.112. The minimum atomic E-state index is -0.519. The van der Waals surface area contributed by atoms with E-state index in [2.05, 4.69) is 5.10 Å². The summed E-state index contributed by atoms with van der Waals surface area (Å²) in [5, 5.41) is 16.3. The molecule has 0 atom stereocenters. The van der Waals surface area contributed by atoms with Crippen LogP contribution in [0.1, 0.15) is 5.56 Å². The van der Waals surface area contributed by atoms with E-state index < -0.39 is 4.92 Å². The van der Waals surface area contributed by atoms with E-state index in [4.69, 9.17) is 11.6 Å². The molecule has 0 heterocycles. The van der Waals surface area contributed by atoms with Crippen LogP contribution in [0, 0.1) is 10.1 Å². The molecule has 0 spiro atoms. The van der Waals surface area contributed by atoms with Crippen molar-refractivity contribution >= 4 is 23.5 Å². The molecule has 1 aromatic carbocycles. The van der Waals surface area contributed by atoms with Crippen LogP contribution in [0.15, 0.2) is 23.3 Å².